The summed E-state index contributed by atoms with van der Waals surface area (Å²) in [5.74, 6) is -1.43. The molecule has 0 spiro atoms. The molecule has 27 heavy (non-hydrogen) atoms. The fourth-order valence-electron chi connectivity index (χ4n) is 2.28. The molecule has 0 saturated carbocycles. The van der Waals surface area contributed by atoms with Crippen molar-refractivity contribution in [2.24, 2.45) is 0 Å². The van der Waals surface area contributed by atoms with Crippen LogP contribution in [0.4, 0.5) is 13.2 Å². The number of halogens is 3. The molecule has 0 radical (unpaired) electrons. The molecule has 0 aliphatic carbocycles. The van der Waals surface area contributed by atoms with Gasteiger partial charge in [0, 0.05) is 11.5 Å². The number of esters is 1. The van der Waals surface area contributed by atoms with Gasteiger partial charge in [0.25, 0.3) is 5.91 Å². The highest BCUT2D eigenvalue weighted by Crippen LogP contribution is 2.38. The largest absolute Gasteiger partial charge is 0.481 e. The third-order valence-corrected chi connectivity index (χ3v) is 5.20. The lowest BCUT2D eigenvalue weighted by molar-refractivity contribution is -0.152. The Kier molecular flexibility index (Phi) is 5.51. The van der Waals surface area contributed by atoms with Crippen LogP contribution >= 0.6 is 22.7 Å². The van der Waals surface area contributed by atoms with Gasteiger partial charge in [-0.1, -0.05) is 0 Å². The van der Waals surface area contributed by atoms with Crippen molar-refractivity contribution in [3.63, 3.8) is 0 Å². The van der Waals surface area contributed by atoms with E-state index in [4.69, 9.17) is 4.74 Å². The first kappa shape index (κ1) is 19.4. The summed E-state index contributed by atoms with van der Waals surface area (Å²) in [7, 11) is 0. The molecule has 2 aromatic heterocycles. The number of hydrogen-bond acceptors (Lipinski definition) is 7. The highest BCUT2D eigenvalue weighted by atomic mass is 32.1. The number of fused-ring (bicyclic) bond motifs is 3. The van der Waals surface area contributed by atoms with E-state index in [1.54, 1.807) is 11.4 Å². The second-order valence-electron chi connectivity index (χ2n) is 5.46. The van der Waals surface area contributed by atoms with Crippen molar-refractivity contribution < 1.29 is 32.2 Å². The first-order valence-electron chi connectivity index (χ1n) is 7.62. The monoisotopic (exact) mass is 418 g/mol. The lowest BCUT2D eigenvalue weighted by atomic mass is 10.2. The van der Waals surface area contributed by atoms with E-state index >= 15 is 0 Å². The van der Waals surface area contributed by atoms with Crippen molar-refractivity contribution in [1.29, 1.82) is 0 Å². The number of thiophene rings is 1. The number of carbonyl (C=O) groups is 2. The Morgan fingerprint density at radius 1 is 1.30 bits per heavy atom. The average Bonchev–Trinajstić information content (AvgIpc) is 3.20. The molecule has 6 nitrogen and oxygen atoms in total. The Labute approximate surface area is 158 Å². The SMILES string of the molecule is Cc1nc2c(cc(OCC(=O)OCC(=O)NCC(F)(F)F)c3ccsc32)s1. The van der Waals surface area contributed by atoms with Crippen molar-refractivity contribution in [2.45, 2.75) is 13.1 Å². The molecular formula is C16H13F3N2O4S2. The van der Waals surface area contributed by atoms with E-state index in [1.807, 2.05) is 18.4 Å². The molecule has 0 fully saturated rings. The summed E-state index contributed by atoms with van der Waals surface area (Å²) in [6.45, 7) is -0.865. The van der Waals surface area contributed by atoms with Gasteiger partial charge in [0.2, 0.25) is 0 Å². The zero-order valence-electron chi connectivity index (χ0n) is 13.9. The first-order chi connectivity index (χ1) is 12.7. The number of aryl methyl sites for hydroxylation is 1. The number of aromatic nitrogens is 1. The minimum Gasteiger partial charge on any atom is -0.481 e. The molecule has 1 amide bonds. The zero-order valence-corrected chi connectivity index (χ0v) is 15.5. The van der Waals surface area contributed by atoms with E-state index in [0.717, 1.165) is 25.3 Å². The first-order valence-corrected chi connectivity index (χ1v) is 9.32. The van der Waals surface area contributed by atoms with Crippen LogP contribution in [0.5, 0.6) is 5.75 Å². The molecule has 3 aromatic rings. The summed E-state index contributed by atoms with van der Waals surface area (Å²) in [5.41, 5.74) is 0.874. The Hall–Kier alpha value is -2.40. The smallest absolute Gasteiger partial charge is 0.405 e. The van der Waals surface area contributed by atoms with Crippen LogP contribution in [0.25, 0.3) is 20.3 Å². The summed E-state index contributed by atoms with van der Waals surface area (Å²) in [5, 5.41) is 5.20. The molecule has 1 N–H and O–H groups in total. The molecule has 0 saturated heterocycles. The molecule has 1 aromatic carbocycles. The van der Waals surface area contributed by atoms with Gasteiger partial charge in [0.05, 0.1) is 19.9 Å². The molecular weight excluding hydrogens is 405 g/mol. The number of rotatable bonds is 6. The second kappa shape index (κ2) is 7.69. The Morgan fingerprint density at radius 3 is 2.81 bits per heavy atom. The van der Waals surface area contributed by atoms with Gasteiger partial charge in [-0.25, -0.2) is 9.78 Å². The quantitative estimate of drug-likeness (QED) is 0.621. The summed E-state index contributed by atoms with van der Waals surface area (Å²) in [6, 6.07) is 3.62. The van der Waals surface area contributed by atoms with Gasteiger partial charge >= 0.3 is 12.1 Å². The topological polar surface area (TPSA) is 77.5 Å². The molecule has 2 heterocycles. The highest BCUT2D eigenvalue weighted by Gasteiger charge is 2.27. The molecule has 0 atom stereocenters. The molecule has 11 heteroatoms. The van der Waals surface area contributed by atoms with Gasteiger partial charge < -0.3 is 14.8 Å². The fraction of sp³-hybridized carbons (Fsp3) is 0.312. The van der Waals surface area contributed by atoms with Crippen molar-refractivity contribution in [3.05, 3.63) is 22.5 Å². The van der Waals surface area contributed by atoms with Crippen LogP contribution in [0.2, 0.25) is 0 Å². The second-order valence-corrected chi connectivity index (χ2v) is 7.61. The van der Waals surface area contributed by atoms with E-state index in [-0.39, 0.29) is 0 Å². The molecule has 0 bridgehead atoms. The van der Waals surface area contributed by atoms with E-state index in [2.05, 4.69) is 9.72 Å². The van der Waals surface area contributed by atoms with Crippen LogP contribution in [0.1, 0.15) is 5.01 Å². The number of hydrogen-bond donors (Lipinski definition) is 1. The van der Waals surface area contributed by atoms with E-state index in [1.165, 1.54) is 22.7 Å². The number of thiazole rings is 1. The number of ether oxygens (including phenoxy) is 2. The van der Waals surface area contributed by atoms with Gasteiger partial charge in [-0.3, -0.25) is 4.79 Å². The Morgan fingerprint density at radius 2 is 2.07 bits per heavy atom. The predicted molar refractivity (Wildman–Crippen MR) is 95.3 cm³/mol. The van der Waals surface area contributed by atoms with Gasteiger partial charge in [-0.2, -0.15) is 13.2 Å². The van der Waals surface area contributed by atoms with E-state index < -0.39 is 37.8 Å². The zero-order chi connectivity index (χ0) is 19.6. The van der Waals surface area contributed by atoms with Crippen molar-refractivity contribution in [3.8, 4) is 5.75 Å². The number of benzene rings is 1. The normalized spacial score (nSPS) is 11.7. The van der Waals surface area contributed by atoms with Crippen molar-refractivity contribution >= 4 is 54.9 Å². The van der Waals surface area contributed by atoms with Gasteiger partial charge in [0.15, 0.2) is 13.2 Å². The minimum atomic E-state index is -4.53. The van der Waals surface area contributed by atoms with Crippen molar-refractivity contribution in [1.82, 2.24) is 10.3 Å². The number of amides is 1. The fourth-order valence-corrected chi connectivity index (χ4v) is 4.11. The third-order valence-electron chi connectivity index (χ3n) is 3.36. The third kappa shape index (κ3) is 4.86. The maximum absolute atomic E-state index is 12.0. The molecule has 0 aliphatic rings. The number of nitrogens with zero attached hydrogens (tertiary/aromatic N) is 1. The van der Waals surface area contributed by atoms with Crippen LogP contribution < -0.4 is 10.1 Å². The number of carbonyl (C=O) groups excluding carboxylic acids is 2. The van der Waals surface area contributed by atoms with E-state index in [0.29, 0.717) is 5.75 Å². The predicted octanol–water partition coefficient (Wildman–Crippen LogP) is 3.42. The van der Waals surface area contributed by atoms with Gasteiger partial charge in [0.1, 0.15) is 12.3 Å². The number of nitrogens with one attached hydrogen (secondary N) is 1. The summed E-state index contributed by atoms with van der Waals surface area (Å²) in [6.07, 6.45) is -4.53. The van der Waals surface area contributed by atoms with Crippen LogP contribution in [-0.2, 0) is 14.3 Å². The number of alkyl halides is 3. The van der Waals surface area contributed by atoms with Gasteiger partial charge in [-0.05, 0) is 18.4 Å². The molecule has 3 rings (SSSR count). The van der Waals surface area contributed by atoms with Crippen LogP contribution in [0.3, 0.4) is 0 Å². The summed E-state index contributed by atoms with van der Waals surface area (Å²) >= 11 is 3.00. The Bertz CT molecular complexity index is 997. The minimum absolute atomic E-state index is 0.471. The molecule has 144 valence electrons. The van der Waals surface area contributed by atoms with E-state index in [9.17, 15) is 22.8 Å². The summed E-state index contributed by atoms with van der Waals surface area (Å²) < 4.78 is 48.0. The molecule has 0 aliphatic heterocycles. The molecule has 0 unspecified atom stereocenters. The standard InChI is InChI=1S/C16H13F3N2O4S2/c1-8-21-14-11(27-8)4-10(9-2-3-26-15(9)14)24-6-13(23)25-5-12(22)20-7-16(17,18)19/h2-4H,5-7H2,1H3,(H,20,22). The average molecular weight is 418 g/mol. The maximum atomic E-state index is 12.0. The van der Waals surface area contributed by atoms with Gasteiger partial charge in [-0.15, -0.1) is 22.7 Å². The summed E-state index contributed by atoms with van der Waals surface area (Å²) in [4.78, 5) is 27.4. The lowest BCUT2D eigenvalue weighted by Crippen LogP contribution is -2.36. The maximum Gasteiger partial charge on any atom is 0.405 e. The lowest BCUT2D eigenvalue weighted by Gasteiger charge is -2.10. The van der Waals surface area contributed by atoms with Crippen LogP contribution in [0, 0.1) is 6.92 Å². The van der Waals surface area contributed by atoms with Crippen LogP contribution in [-0.4, -0.2) is 42.8 Å². The van der Waals surface area contributed by atoms with Crippen molar-refractivity contribution in [2.75, 3.05) is 19.8 Å². The highest BCUT2D eigenvalue weighted by molar-refractivity contribution is 7.21. The van der Waals surface area contributed by atoms with Crippen LogP contribution in [0.15, 0.2) is 17.5 Å². The Balaban J connectivity index is 1.58.